The molecule has 1 aliphatic carbocycles. The van der Waals surface area contributed by atoms with Crippen LogP contribution in [0, 0.1) is 11.2 Å². The van der Waals surface area contributed by atoms with Gasteiger partial charge in [0.25, 0.3) is 5.91 Å². The van der Waals surface area contributed by atoms with Crippen LogP contribution in [0.25, 0.3) is 0 Å². The number of hydrogen-bond donors (Lipinski definition) is 2. The Balaban J connectivity index is 2.05. The summed E-state index contributed by atoms with van der Waals surface area (Å²) in [7, 11) is 0. The molecule has 0 spiro atoms. The summed E-state index contributed by atoms with van der Waals surface area (Å²) in [5, 5.41) is 11.9. The zero-order valence-electron chi connectivity index (χ0n) is 11.1. The van der Waals surface area contributed by atoms with E-state index in [-0.39, 0.29) is 12.1 Å². The van der Waals surface area contributed by atoms with Crippen molar-refractivity contribution in [2.24, 2.45) is 5.41 Å². The highest BCUT2D eigenvalue weighted by molar-refractivity contribution is 5.94. The first kappa shape index (κ1) is 14.4. The van der Waals surface area contributed by atoms with Crippen LogP contribution in [-0.2, 0) is 4.79 Å². The van der Waals surface area contributed by atoms with Crippen molar-refractivity contribution >= 4 is 11.9 Å². The minimum atomic E-state index is -0.919. The van der Waals surface area contributed by atoms with Crippen LogP contribution in [0.1, 0.15) is 42.5 Å². The highest BCUT2D eigenvalue weighted by Gasteiger charge is 2.39. The quantitative estimate of drug-likeness (QED) is 0.884. The molecule has 108 valence electrons. The van der Waals surface area contributed by atoms with E-state index in [1.165, 1.54) is 12.3 Å². The van der Waals surface area contributed by atoms with Gasteiger partial charge in [-0.25, -0.2) is 4.39 Å². The molecule has 0 atom stereocenters. The van der Waals surface area contributed by atoms with Crippen LogP contribution in [0.5, 0.6) is 0 Å². The molecule has 1 aromatic heterocycles. The monoisotopic (exact) mass is 280 g/mol. The van der Waals surface area contributed by atoms with Gasteiger partial charge in [-0.3, -0.25) is 14.6 Å². The molecule has 1 fully saturated rings. The van der Waals surface area contributed by atoms with Gasteiger partial charge in [0.1, 0.15) is 0 Å². The van der Waals surface area contributed by atoms with E-state index < -0.39 is 23.1 Å². The Morgan fingerprint density at radius 1 is 1.35 bits per heavy atom. The number of aliphatic carboxylic acids is 1. The molecule has 1 heterocycles. The lowest BCUT2D eigenvalue weighted by molar-refractivity contribution is -0.150. The summed E-state index contributed by atoms with van der Waals surface area (Å²) >= 11 is 0. The topological polar surface area (TPSA) is 79.3 Å². The van der Waals surface area contributed by atoms with Crippen molar-refractivity contribution in [2.75, 3.05) is 6.54 Å². The molecule has 2 N–H and O–H groups in total. The van der Waals surface area contributed by atoms with Gasteiger partial charge in [-0.15, -0.1) is 0 Å². The molecule has 2 rings (SSSR count). The van der Waals surface area contributed by atoms with Gasteiger partial charge in [-0.2, -0.15) is 0 Å². The normalized spacial score (nSPS) is 17.4. The van der Waals surface area contributed by atoms with Gasteiger partial charge >= 0.3 is 5.97 Å². The van der Waals surface area contributed by atoms with Crippen molar-refractivity contribution < 1.29 is 19.1 Å². The first-order valence-electron chi connectivity index (χ1n) is 6.66. The molecule has 0 aromatic carbocycles. The van der Waals surface area contributed by atoms with Crippen molar-refractivity contribution in [2.45, 2.75) is 32.1 Å². The van der Waals surface area contributed by atoms with Crippen LogP contribution in [-0.4, -0.2) is 28.5 Å². The van der Waals surface area contributed by atoms with Gasteiger partial charge in [0, 0.05) is 12.7 Å². The maximum absolute atomic E-state index is 13.4. The lowest BCUT2D eigenvalue weighted by Crippen LogP contribution is -2.44. The van der Waals surface area contributed by atoms with Crippen molar-refractivity contribution in [1.29, 1.82) is 0 Å². The predicted molar refractivity (Wildman–Crippen MR) is 69.7 cm³/mol. The van der Waals surface area contributed by atoms with Crippen LogP contribution < -0.4 is 5.32 Å². The predicted octanol–water partition coefficient (Wildman–Crippen LogP) is 1.99. The fraction of sp³-hybridized carbons (Fsp3) is 0.500. The van der Waals surface area contributed by atoms with E-state index >= 15 is 0 Å². The number of carbonyl (C=O) groups is 2. The fourth-order valence-corrected chi connectivity index (χ4v) is 2.60. The molecule has 6 heteroatoms. The van der Waals surface area contributed by atoms with Gasteiger partial charge in [-0.1, -0.05) is 19.3 Å². The Morgan fingerprint density at radius 2 is 2.05 bits per heavy atom. The summed E-state index contributed by atoms with van der Waals surface area (Å²) in [6.07, 6.45) is 6.07. The van der Waals surface area contributed by atoms with E-state index in [4.69, 9.17) is 0 Å². The first-order chi connectivity index (χ1) is 9.55. The van der Waals surface area contributed by atoms with Gasteiger partial charge in [0.2, 0.25) is 0 Å². The van der Waals surface area contributed by atoms with Crippen molar-refractivity contribution in [3.8, 4) is 0 Å². The summed E-state index contributed by atoms with van der Waals surface area (Å²) in [4.78, 5) is 26.9. The van der Waals surface area contributed by atoms with Gasteiger partial charge in [0.15, 0.2) is 5.82 Å². The molecule has 0 radical (unpaired) electrons. The summed E-state index contributed by atoms with van der Waals surface area (Å²) in [6.45, 7) is 0.0307. The van der Waals surface area contributed by atoms with Crippen molar-refractivity contribution in [3.05, 3.63) is 29.8 Å². The smallest absolute Gasteiger partial charge is 0.311 e. The number of hydrogen-bond acceptors (Lipinski definition) is 3. The average Bonchev–Trinajstić information content (AvgIpc) is 2.46. The van der Waals surface area contributed by atoms with E-state index in [0.717, 1.165) is 25.5 Å². The zero-order chi connectivity index (χ0) is 14.6. The highest BCUT2D eigenvalue weighted by Crippen LogP contribution is 2.36. The largest absolute Gasteiger partial charge is 0.481 e. The van der Waals surface area contributed by atoms with E-state index in [9.17, 15) is 19.1 Å². The molecule has 1 aromatic rings. The number of nitrogens with one attached hydrogen (secondary N) is 1. The van der Waals surface area contributed by atoms with Crippen LogP contribution in [0.4, 0.5) is 4.39 Å². The Hall–Kier alpha value is -1.98. The molecular weight excluding hydrogens is 263 g/mol. The Morgan fingerprint density at radius 3 is 2.65 bits per heavy atom. The second kappa shape index (κ2) is 5.98. The summed E-state index contributed by atoms with van der Waals surface area (Å²) in [5.41, 5.74) is -1.03. The first-order valence-corrected chi connectivity index (χ1v) is 6.66. The summed E-state index contributed by atoms with van der Waals surface area (Å²) < 4.78 is 13.4. The third kappa shape index (κ3) is 2.95. The Labute approximate surface area is 116 Å². The van der Waals surface area contributed by atoms with Gasteiger partial charge < -0.3 is 10.4 Å². The summed E-state index contributed by atoms with van der Waals surface area (Å²) in [5.74, 6) is -2.21. The molecule has 0 saturated heterocycles. The Kier molecular flexibility index (Phi) is 4.32. The number of rotatable bonds is 4. The van der Waals surface area contributed by atoms with E-state index in [2.05, 4.69) is 10.3 Å². The number of carboxylic acids is 1. The molecule has 5 nitrogen and oxygen atoms in total. The number of carboxylic acid groups (broad SMARTS) is 1. The molecule has 0 bridgehead atoms. The highest BCUT2D eigenvalue weighted by atomic mass is 19.1. The van der Waals surface area contributed by atoms with Crippen LogP contribution >= 0.6 is 0 Å². The van der Waals surface area contributed by atoms with Crippen molar-refractivity contribution in [3.63, 3.8) is 0 Å². The minimum absolute atomic E-state index is 0.0307. The Bertz CT molecular complexity index is 513. The molecule has 0 unspecified atom stereocenters. The number of halogens is 1. The number of aromatic nitrogens is 1. The molecule has 1 saturated carbocycles. The second-order valence-electron chi connectivity index (χ2n) is 5.18. The fourth-order valence-electron chi connectivity index (χ4n) is 2.60. The van der Waals surface area contributed by atoms with Gasteiger partial charge in [-0.05, 0) is 18.9 Å². The van der Waals surface area contributed by atoms with Crippen LogP contribution in [0.2, 0.25) is 0 Å². The minimum Gasteiger partial charge on any atom is -0.481 e. The third-order valence-electron chi connectivity index (χ3n) is 3.87. The van der Waals surface area contributed by atoms with Gasteiger partial charge in [0.05, 0.1) is 17.2 Å². The lowest BCUT2D eigenvalue weighted by Gasteiger charge is -2.33. The SMILES string of the molecule is O=C(NCC1(C(=O)O)CCCCC1)c1ccncc1F. The molecule has 20 heavy (non-hydrogen) atoms. The number of carbonyl (C=O) groups excluding carboxylic acids is 1. The average molecular weight is 280 g/mol. The number of nitrogens with zero attached hydrogens (tertiary/aromatic N) is 1. The summed E-state index contributed by atoms with van der Waals surface area (Å²) in [6, 6.07) is 1.28. The zero-order valence-corrected chi connectivity index (χ0v) is 11.1. The van der Waals surface area contributed by atoms with Crippen LogP contribution in [0.15, 0.2) is 18.5 Å². The third-order valence-corrected chi connectivity index (χ3v) is 3.87. The number of amides is 1. The van der Waals surface area contributed by atoms with E-state index in [0.29, 0.717) is 12.8 Å². The van der Waals surface area contributed by atoms with E-state index in [1.807, 2.05) is 0 Å². The number of pyridine rings is 1. The maximum Gasteiger partial charge on any atom is 0.311 e. The maximum atomic E-state index is 13.4. The standard InChI is InChI=1S/C14H17FN2O3/c15-11-8-16-7-4-10(11)12(18)17-9-14(13(19)20)5-2-1-3-6-14/h4,7-8H,1-3,5-6,9H2,(H,17,18)(H,19,20). The van der Waals surface area contributed by atoms with Crippen LogP contribution in [0.3, 0.4) is 0 Å². The lowest BCUT2D eigenvalue weighted by atomic mass is 9.74. The molecule has 0 aliphatic heterocycles. The molecule has 1 amide bonds. The molecule has 1 aliphatic rings. The van der Waals surface area contributed by atoms with Crippen molar-refractivity contribution in [1.82, 2.24) is 10.3 Å². The van der Waals surface area contributed by atoms with E-state index in [1.54, 1.807) is 0 Å². The molecular formula is C14H17FN2O3. The second-order valence-corrected chi connectivity index (χ2v) is 5.18.